The lowest BCUT2D eigenvalue weighted by Crippen LogP contribution is -2.29. The topological polar surface area (TPSA) is 67.4 Å². The van der Waals surface area contributed by atoms with Gasteiger partial charge in [-0.3, -0.25) is 0 Å². The first-order valence-corrected chi connectivity index (χ1v) is 7.64. The Morgan fingerprint density at radius 1 is 1.21 bits per heavy atom. The number of anilines is 1. The number of rotatable bonds is 5. The van der Waals surface area contributed by atoms with Gasteiger partial charge in [-0.25, -0.2) is 14.0 Å². The van der Waals surface area contributed by atoms with Gasteiger partial charge in [0, 0.05) is 6.54 Å². The van der Waals surface area contributed by atoms with Crippen LogP contribution in [-0.2, 0) is 11.3 Å². The molecule has 2 aromatic carbocycles. The van der Waals surface area contributed by atoms with Gasteiger partial charge in [-0.2, -0.15) is 0 Å². The number of benzene rings is 2. The van der Waals surface area contributed by atoms with E-state index in [2.05, 4.69) is 10.6 Å². The fourth-order valence-corrected chi connectivity index (χ4v) is 2.18. The second-order valence-electron chi connectivity index (χ2n) is 4.82. The van der Waals surface area contributed by atoms with Crippen molar-refractivity contribution in [3.05, 3.63) is 64.4 Å². The van der Waals surface area contributed by atoms with Crippen molar-refractivity contribution in [3.63, 3.8) is 0 Å². The Labute approximate surface area is 143 Å². The largest absolute Gasteiger partial charge is 0.462 e. The second kappa shape index (κ2) is 8.31. The fourth-order valence-electron chi connectivity index (χ4n) is 1.98. The molecule has 0 radical (unpaired) electrons. The predicted octanol–water partition coefficient (Wildman–Crippen LogP) is 3.98. The van der Waals surface area contributed by atoms with E-state index in [0.717, 1.165) is 0 Å². The van der Waals surface area contributed by atoms with E-state index in [1.165, 1.54) is 18.2 Å². The molecule has 0 aliphatic heterocycles. The molecule has 0 saturated carbocycles. The molecule has 2 rings (SSSR count). The summed E-state index contributed by atoms with van der Waals surface area (Å²) in [6.07, 6.45) is 0. The number of carbonyl (C=O) groups excluding carboxylic acids is 2. The number of para-hydroxylation sites is 1. The number of halogens is 2. The monoisotopic (exact) mass is 350 g/mol. The van der Waals surface area contributed by atoms with Gasteiger partial charge in [0.1, 0.15) is 5.82 Å². The molecule has 0 spiro atoms. The van der Waals surface area contributed by atoms with Crippen LogP contribution in [0.15, 0.2) is 42.5 Å². The molecule has 2 amide bonds. The van der Waals surface area contributed by atoms with Gasteiger partial charge in [0.05, 0.1) is 22.9 Å². The van der Waals surface area contributed by atoms with Crippen LogP contribution in [0.4, 0.5) is 14.9 Å². The van der Waals surface area contributed by atoms with Crippen molar-refractivity contribution in [2.45, 2.75) is 13.5 Å². The quantitative estimate of drug-likeness (QED) is 0.801. The maximum atomic E-state index is 13.1. The van der Waals surface area contributed by atoms with Crippen molar-refractivity contribution in [2.24, 2.45) is 0 Å². The van der Waals surface area contributed by atoms with Gasteiger partial charge in [0.15, 0.2) is 0 Å². The molecule has 126 valence electrons. The molecule has 24 heavy (non-hydrogen) atoms. The first kappa shape index (κ1) is 17.7. The molecule has 2 N–H and O–H groups in total. The van der Waals surface area contributed by atoms with E-state index in [9.17, 15) is 14.0 Å². The van der Waals surface area contributed by atoms with Crippen LogP contribution in [0.5, 0.6) is 0 Å². The molecule has 0 aliphatic carbocycles. The summed E-state index contributed by atoms with van der Waals surface area (Å²) in [6, 6.07) is 10.2. The van der Waals surface area contributed by atoms with Crippen molar-refractivity contribution < 1.29 is 18.7 Å². The van der Waals surface area contributed by atoms with Gasteiger partial charge in [-0.05, 0) is 36.8 Å². The number of hydrogen-bond acceptors (Lipinski definition) is 3. The maximum absolute atomic E-state index is 13.1. The lowest BCUT2D eigenvalue weighted by atomic mass is 10.2. The van der Waals surface area contributed by atoms with E-state index in [-0.39, 0.29) is 23.7 Å². The first-order chi connectivity index (χ1) is 11.5. The third kappa shape index (κ3) is 4.70. The lowest BCUT2D eigenvalue weighted by Gasteiger charge is -2.11. The maximum Gasteiger partial charge on any atom is 0.340 e. The number of nitrogens with one attached hydrogen (secondary N) is 2. The van der Waals surface area contributed by atoms with Gasteiger partial charge in [-0.15, -0.1) is 0 Å². The highest BCUT2D eigenvalue weighted by Crippen LogP contribution is 2.17. The molecule has 0 aliphatic rings. The highest BCUT2D eigenvalue weighted by Gasteiger charge is 2.13. The van der Waals surface area contributed by atoms with Crippen molar-refractivity contribution in [1.29, 1.82) is 0 Å². The summed E-state index contributed by atoms with van der Waals surface area (Å²) in [5, 5.41) is 5.19. The van der Waals surface area contributed by atoms with Crippen LogP contribution in [0, 0.1) is 5.82 Å². The summed E-state index contributed by atoms with van der Waals surface area (Å²) in [4.78, 5) is 23.8. The molecule has 0 heterocycles. The molecular weight excluding hydrogens is 335 g/mol. The number of ether oxygens (including phenoxy) is 1. The van der Waals surface area contributed by atoms with Crippen LogP contribution in [-0.4, -0.2) is 18.6 Å². The molecule has 0 bridgehead atoms. The summed E-state index contributed by atoms with van der Waals surface area (Å²) in [5.74, 6) is -1.04. The van der Waals surface area contributed by atoms with E-state index in [1.807, 2.05) is 0 Å². The van der Waals surface area contributed by atoms with E-state index in [4.69, 9.17) is 16.3 Å². The Kier molecular flexibility index (Phi) is 6.14. The van der Waals surface area contributed by atoms with Crippen molar-refractivity contribution in [3.8, 4) is 0 Å². The van der Waals surface area contributed by atoms with Gasteiger partial charge in [-0.1, -0.05) is 29.8 Å². The minimum atomic E-state index is -0.520. The Bertz CT molecular complexity index is 752. The van der Waals surface area contributed by atoms with Crippen LogP contribution in [0.1, 0.15) is 22.8 Å². The number of carbonyl (C=O) groups is 2. The van der Waals surface area contributed by atoms with Crippen LogP contribution >= 0.6 is 11.6 Å². The Morgan fingerprint density at radius 2 is 1.96 bits per heavy atom. The number of amides is 2. The summed E-state index contributed by atoms with van der Waals surface area (Å²) < 4.78 is 18.0. The molecule has 0 saturated heterocycles. The molecular formula is C17H16ClFN2O3. The van der Waals surface area contributed by atoms with E-state index in [0.29, 0.717) is 11.3 Å². The predicted molar refractivity (Wildman–Crippen MR) is 89.7 cm³/mol. The van der Waals surface area contributed by atoms with Crippen molar-refractivity contribution in [1.82, 2.24) is 5.32 Å². The minimum Gasteiger partial charge on any atom is -0.462 e. The third-order valence-electron chi connectivity index (χ3n) is 3.11. The lowest BCUT2D eigenvalue weighted by molar-refractivity contribution is 0.0527. The van der Waals surface area contributed by atoms with E-state index < -0.39 is 17.8 Å². The summed E-state index contributed by atoms with van der Waals surface area (Å²) >= 11 is 5.69. The number of hydrogen-bond donors (Lipinski definition) is 2. The zero-order valence-corrected chi connectivity index (χ0v) is 13.7. The summed E-state index contributed by atoms with van der Waals surface area (Å²) in [7, 11) is 0. The molecule has 5 nitrogen and oxygen atoms in total. The normalized spacial score (nSPS) is 10.1. The first-order valence-electron chi connectivity index (χ1n) is 7.26. The molecule has 0 aromatic heterocycles. The Morgan fingerprint density at radius 3 is 2.67 bits per heavy atom. The standard InChI is InChI=1S/C17H16ClFN2O3/c1-2-24-16(22)12-5-3-4-6-15(12)21-17(23)20-10-11-7-8-14(19)13(18)9-11/h3-9H,2,10H2,1H3,(H2,20,21,23). The summed E-state index contributed by atoms with van der Waals surface area (Å²) in [6.45, 7) is 2.10. The van der Waals surface area contributed by atoms with Crippen LogP contribution in [0.2, 0.25) is 5.02 Å². The van der Waals surface area contributed by atoms with Crippen LogP contribution < -0.4 is 10.6 Å². The van der Waals surface area contributed by atoms with Gasteiger partial charge >= 0.3 is 12.0 Å². The average molecular weight is 351 g/mol. The minimum absolute atomic E-state index is 0.0117. The fraction of sp³-hybridized carbons (Fsp3) is 0.176. The average Bonchev–Trinajstić information content (AvgIpc) is 2.56. The number of urea groups is 1. The Balaban J connectivity index is 1.99. The molecule has 7 heteroatoms. The van der Waals surface area contributed by atoms with Crippen LogP contribution in [0.3, 0.4) is 0 Å². The van der Waals surface area contributed by atoms with Crippen molar-refractivity contribution in [2.75, 3.05) is 11.9 Å². The molecule has 0 unspecified atom stereocenters. The highest BCUT2D eigenvalue weighted by atomic mass is 35.5. The number of esters is 1. The summed E-state index contributed by atoms with van der Waals surface area (Å²) in [5.41, 5.74) is 1.25. The Hall–Kier alpha value is -2.60. The SMILES string of the molecule is CCOC(=O)c1ccccc1NC(=O)NCc1ccc(F)c(Cl)c1. The van der Waals surface area contributed by atoms with E-state index >= 15 is 0 Å². The highest BCUT2D eigenvalue weighted by molar-refractivity contribution is 6.30. The zero-order valence-electron chi connectivity index (χ0n) is 12.9. The smallest absolute Gasteiger partial charge is 0.340 e. The second-order valence-corrected chi connectivity index (χ2v) is 5.23. The molecule has 0 atom stereocenters. The van der Waals surface area contributed by atoms with E-state index in [1.54, 1.807) is 31.2 Å². The van der Waals surface area contributed by atoms with Gasteiger partial charge in [0.25, 0.3) is 0 Å². The molecule has 2 aromatic rings. The van der Waals surface area contributed by atoms with Gasteiger partial charge < -0.3 is 15.4 Å². The van der Waals surface area contributed by atoms with Crippen LogP contribution in [0.25, 0.3) is 0 Å². The van der Waals surface area contributed by atoms with Crippen molar-refractivity contribution >= 4 is 29.3 Å². The third-order valence-corrected chi connectivity index (χ3v) is 3.40. The molecule has 0 fully saturated rings. The van der Waals surface area contributed by atoms with Gasteiger partial charge in [0.2, 0.25) is 0 Å². The zero-order chi connectivity index (χ0) is 17.5.